The number of alkyl halides is 2. The smallest absolute Gasteiger partial charge is 0.326 e. The van der Waals surface area contributed by atoms with Crippen LogP contribution < -0.4 is 10.1 Å². The molecule has 5 nitrogen and oxygen atoms in total. The molecular weight excluding hydrogens is 340 g/mol. The minimum absolute atomic E-state index is 0.137. The van der Waals surface area contributed by atoms with Crippen LogP contribution in [0, 0.1) is 0 Å². The molecule has 0 heterocycles. The molecule has 1 amide bonds. The molecule has 1 aromatic carbocycles. The molecule has 110 valence electrons. The first kappa shape index (κ1) is 16.4. The maximum Gasteiger partial charge on any atom is 0.326 e. The van der Waals surface area contributed by atoms with Gasteiger partial charge in [-0.2, -0.15) is 0 Å². The Morgan fingerprint density at radius 2 is 2.10 bits per heavy atom. The zero-order valence-electron chi connectivity index (χ0n) is 10.4. The van der Waals surface area contributed by atoms with Gasteiger partial charge >= 0.3 is 5.97 Å². The minimum Gasteiger partial charge on any atom is -0.496 e. The monoisotopic (exact) mass is 351 g/mol. The molecule has 0 radical (unpaired) electrons. The SMILES string of the molecule is COc1ccc(C(=O)NC(CC(F)F)C(=O)O)cc1Br. The van der Waals surface area contributed by atoms with Crippen molar-refractivity contribution in [2.45, 2.75) is 18.9 Å². The zero-order valence-corrected chi connectivity index (χ0v) is 12.0. The van der Waals surface area contributed by atoms with Gasteiger partial charge in [0, 0.05) is 12.0 Å². The number of amides is 1. The Morgan fingerprint density at radius 1 is 1.45 bits per heavy atom. The van der Waals surface area contributed by atoms with E-state index in [4.69, 9.17) is 9.84 Å². The number of ether oxygens (including phenoxy) is 1. The molecule has 0 spiro atoms. The van der Waals surface area contributed by atoms with Crippen molar-refractivity contribution >= 4 is 27.8 Å². The van der Waals surface area contributed by atoms with Crippen LogP contribution in [0.1, 0.15) is 16.8 Å². The summed E-state index contributed by atoms with van der Waals surface area (Å²) in [5.41, 5.74) is 0.137. The van der Waals surface area contributed by atoms with Crippen molar-refractivity contribution in [3.63, 3.8) is 0 Å². The molecule has 0 fully saturated rings. The number of carboxylic acids is 1. The van der Waals surface area contributed by atoms with Crippen molar-refractivity contribution in [1.82, 2.24) is 5.32 Å². The molecule has 1 rings (SSSR count). The van der Waals surface area contributed by atoms with Crippen molar-refractivity contribution < 1.29 is 28.2 Å². The maximum atomic E-state index is 12.2. The van der Waals surface area contributed by atoms with Crippen LogP contribution in [0.4, 0.5) is 8.78 Å². The zero-order chi connectivity index (χ0) is 15.3. The summed E-state index contributed by atoms with van der Waals surface area (Å²) in [4.78, 5) is 22.6. The van der Waals surface area contributed by atoms with Crippen LogP contribution in [0.3, 0.4) is 0 Å². The van der Waals surface area contributed by atoms with E-state index in [1.807, 2.05) is 5.32 Å². The van der Waals surface area contributed by atoms with Crippen LogP contribution in [-0.4, -0.2) is 36.6 Å². The van der Waals surface area contributed by atoms with Crippen LogP contribution in [0.15, 0.2) is 22.7 Å². The summed E-state index contributed by atoms with van der Waals surface area (Å²) in [6.45, 7) is 0. The molecule has 0 aromatic heterocycles. The molecule has 0 aliphatic carbocycles. The number of aliphatic carboxylic acids is 1. The number of halogens is 3. The number of carbonyl (C=O) groups is 2. The van der Waals surface area contributed by atoms with Crippen LogP contribution >= 0.6 is 15.9 Å². The van der Waals surface area contributed by atoms with E-state index in [1.165, 1.54) is 25.3 Å². The highest BCUT2D eigenvalue weighted by Crippen LogP contribution is 2.25. The van der Waals surface area contributed by atoms with Crippen LogP contribution in [0.5, 0.6) is 5.75 Å². The highest BCUT2D eigenvalue weighted by molar-refractivity contribution is 9.10. The molecule has 2 N–H and O–H groups in total. The second-order valence-electron chi connectivity index (χ2n) is 3.84. The first-order chi connectivity index (χ1) is 9.35. The van der Waals surface area contributed by atoms with E-state index in [0.717, 1.165) is 0 Å². The molecule has 20 heavy (non-hydrogen) atoms. The molecule has 0 aliphatic rings. The van der Waals surface area contributed by atoms with E-state index in [9.17, 15) is 18.4 Å². The lowest BCUT2D eigenvalue weighted by molar-refractivity contribution is -0.140. The van der Waals surface area contributed by atoms with E-state index >= 15 is 0 Å². The summed E-state index contributed by atoms with van der Waals surface area (Å²) in [6, 6.07) is 2.68. The average molecular weight is 352 g/mol. The van der Waals surface area contributed by atoms with Crippen LogP contribution in [0.25, 0.3) is 0 Å². The predicted molar refractivity (Wildman–Crippen MR) is 70.2 cm³/mol. The summed E-state index contributed by atoms with van der Waals surface area (Å²) < 4.78 is 29.9. The second kappa shape index (κ2) is 7.18. The number of carboxylic acid groups (broad SMARTS) is 1. The maximum absolute atomic E-state index is 12.2. The van der Waals surface area contributed by atoms with E-state index in [1.54, 1.807) is 0 Å². The highest BCUT2D eigenvalue weighted by atomic mass is 79.9. The number of carbonyl (C=O) groups excluding carboxylic acids is 1. The quantitative estimate of drug-likeness (QED) is 0.824. The normalized spacial score (nSPS) is 12.1. The minimum atomic E-state index is -2.82. The lowest BCUT2D eigenvalue weighted by atomic mass is 10.1. The summed E-state index contributed by atoms with van der Waals surface area (Å²) in [7, 11) is 1.45. The van der Waals surface area contributed by atoms with Crippen molar-refractivity contribution in [3.05, 3.63) is 28.2 Å². The van der Waals surface area contributed by atoms with E-state index in [2.05, 4.69) is 15.9 Å². The number of hydrogen-bond donors (Lipinski definition) is 2. The lowest BCUT2D eigenvalue weighted by Crippen LogP contribution is -2.42. The summed E-state index contributed by atoms with van der Waals surface area (Å²) in [6.07, 6.45) is -3.77. The standard InChI is InChI=1S/C12H12BrF2NO4/c1-20-9-3-2-6(4-7(9)13)11(17)16-8(12(18)19)5-10(14)15/h2-4,8,10H,5H2,1H3,(H,16,17)(H,18,19). The Morgan fingerprint density at radius 3 is 2.55 bits per heavy atom. The molecular formula is C12H12BrF2NO4. The van der Waals surface area contributed by atoms with Gasteiger partial charge < -0.3 is 15.2 Å². The fraction of sp³-hybridized carbons (Fsp3) is 0.333. The van der Waals surface area contributed by atoms with Gasteiger partial charge in [-0.3, -0.25) is 4.79 Å². The number of hydrogen-bond acceptors (Lipinski definition) is 3. The molecule has 0 aliphatic heterocycles. The van der Waals surface area contributed by atoms with Gasteiger partial charge in [-0.05, 0) is 34.1 Å². The van der Waals surface area contributed by atoms with Crippen molar-refractivity contribution in [2.75, 3.05) is 7.11 Å². The predicted octanol–water partition coefficient (Wildman–Crippen LogP) is 2.30. The summed E-state index contributed by atoms with van der Waals surface area (Å²) >= 11 is 3.17. The van der Waals surface area contributed by atoms with Gasteiger partial charge in [-0.25, -0.2) is 13.6 Å². The Bertz CT molecular complexity index is 510. The first-order valence-electron chi connectivity index (χ1n) is 5.50. The fourth-order valence-electron chi connectivity index (χ4n) is 1.45. The Hall–Kier alpha value is -1.70. The summed E-state index contributed by atoms with van der Waals surface area (Å²) in [5, 5.41) is 10.8. The largest absolute Gasteiger partial charge is 0.496 e. The third kappa shape index (κ3) is 4.44. The Labute approximate surface area is 122 Å². The summed E-state index contributed by atoms with van der Waals surface area (Å²) in [5.74, 6) is -1.77. The van der Waals surface area contributed by atoms with Crippen molar-refractivity contribution in [1.29, 1.82) is 0 Å². The van der Waals surface area contributed by atoms with Crippen molar-refractivity contribution in [3.8, 4) is 5.75 Å². The van der Waals surface area contributed by atoms with E-state index in [-0.39, 0.29) is 5.56 Å². The van der Waals surface area contributed by atoms with Gasteiger partial charge in [0.1, 0.15) is 11.8 Å². The third-order valence-electron chi connectivity index (χ3n) is 2.43. The highest BCUT2D eigenvalue weighted by Gasteiger charge is 2.24. The molecule has 1 aromatic rings. The first-order valence-corrected chi connectivity index (χ1v) is 6.29. The lowest BCUT2D eigenvalue weighted by Gasteiger charge is -2.14. The molecule has 0 saturated carbocycles. The fourth-order valence-corrected chi connectivity index (χ4v) is 1.99. The topological polar surface area (TPSA) is 75.6 Å². The van der Waals surface area contributed by atoms with Crippen LogP contribution in [-0.2, 0) is 4.79 Å². The average Bonchev–Trinajstić information content (AvgIpc) is 2.37. The molecule has 8 heteroatoms. The van der Waals surface area contributed by atoms with E-state index < -0.39 is 30.8 Å². The Kier molecular flexibility index (Phi) is 5.87. The van der Waals surface area contributed by atoms with E-state index in [0.29, 0.717) is 10.2 Å². The van der Waals surface area contributed by atoms with Gasteiger partial charge in [0.15, 0.2) is 0 Å². The van der Waals surface area contributed by atoms with Gasteiger partial charge in [-0.15, -0.1) is 0 Å². The number of benzene rings is 1. The Balaban J connectivity index is 2.83. The molecule has 0 saturated heterocycles. The van der Waals surface area contributed by atoms with Gasteiger partial charge in [0.25, 0.3) is 5.91 Å². The number of methoxy groups -OCH3 is 1. The van der Waals surface area contributed by atoms with Crippen molar-refractivity contribution in [2.24, 2.45) is 0 Å². The third-order valence-corrected chi connectivity index (χ3v) is 3.05. The van der Waals surface area contributed by atoms with Crippen LogP contribution in [0.2, 0.25) is 0 Å². The molecule has 1 unspecified atom stereocenters. The van der Waals surface area contributed by atoms with Gasteiger partial charge in [0.2, 0.25) is 6.43 Å². The second-order valence-corrected chi connectivity index (χ2v) is 4.69. The van der Waals surface area contributed by atoms with Gasteiger partial charge in [0.05, 0.1) is 11.6 Å². The number of rotatable bonds is 6. The van der Waals surface area contributed by atoms with Gasteiger partial charge in [-0.1, -0.05) is 0 Å². The molecule has 0 bridgehead atoms. The number of nitrogens with one attached hydrogen (secondary N) is 1. The molecule has 1 atom stereocenters.